The van der Waals surface area contributed by atoms with Gasteiger partial charge >= 0.3 is 0 Å². The Labute approximate surface area is 113 Å². The minimum Gasteiger partial charge on any atom is -0.397 e. The number of hydrogen-bond acceptors (Lipinski definition) is 2. The van der Waals surface area contributed by atoms with Crippen molar-refractivity contribution in [3.8, 4) is 0 Å². The number of nitrogens with zero attached hydrogens (tertiary/aromatic N) is 1. The maximum Gasteiger partial charge on any atom is 0.0601 e. The van der Waals surface area contributed by atoms with E-state index in [1.807, 2.05) is 38.4 Å². The van der Waals surface area contributed by atoms with Crippen molar-refractivity contribution in [3.05, 3.63) is 46.7 Å². The van der Waals surface area contributed by atoms with Crippen LogP contribution in [0, 0.1) is 6.92 Å². The van der Waals surface area contributed by atoms with Crippen LogP contribution in [0.5, 0.6) is 0 Å². The van der Waals surface area contributed by atoms with Crippen molar-refractivity contribution in [2.75, 3.05) is 24.2 Å². The summed E-state index contributed by atoms with van der Waals surface area (Å²) < 4.78 is 0. The molecular weight excluding hydrogens is 246 g/mol. The van der Waals surface area contributed by atoms with Crippen LogP contribution < -0.4 is 10.6 Å². The van der Waals surface area contributed by atoms with E-state index in [-0.39, 0.29) is 0 Å². The van der Waals surface area contributed by atoms with Crippen molar-refractivity contribution in [2.24, 2.45) is 0 Å². The topological polar surface area (TPSA) is 45.0 Å². The van der Waals surface area contributed by atoms with Gasteiger partial charge < -0.3 is 15.6 Å². The number of anilines is 2. The Hall–Kier alpha value is -1.61. The smallest absolute Gasteiger partial charge is 0.0601 e. The molecule has 3 N–H and O–H groups in total. The first-order valence-corrected chi connectivity index (χ1v) is 6.34. The van der Waals surface area contributed by atoms with Crippen LogP contribution in [0.1, 0.15) is 11.3 Å². The Morgan fingerprint density at radius 3 is 2.83 bits per heavy atom. The zero-order valence-corrected chi connectivity index (χ0v) is 11.5. The monoisotopic (exact) mass is 263 g/mol. The minimum absolute atomic E-state index is 0.717. The van der Waals surface area contributed by atoms with Gasteiger partial charge in [0.1, 0.15) is 0 Å². The average Bonchev–Trinajstić information content (AvgIpc) is 2.84. The Morgan fingerprint density at radius 2 is 2.17 bits per heavy atom. The summed E-state index contributed by atoms with van der Waals surface area (Å²) in [5.74, 6) is 0. The van der Waals surface area contributed by atoms with Crippen molar-refractivity contribution >= 4 is 23.0 Å². The SMILES string of the molecule is Cc1cc(N(C)CCc2ccc[nH]2)c(N)cc1Cl. The van der Waals surface area contributed by atoms with Crippen LogP contribution in [0.15, 0.2) is 30.5 Å². The van der Waals surface area contributed by atoms with Gasteiger partial charge in [-0.05, 0) is 36.8 Å². The molecule has 0 spiro atoms. The van der Waals surface area contributed by atoms with Gasteiger partial charge in [-0.3, -0.25) is 0 Å². The molecule has 0 saturated carbocycles. The first-order valence-electron chi connectivity index (χ1n) is 5.97. The van der Waals surface area contributed by atoms with Gasteiger partial charge in [-0.1, -0.05) is 11.6 Å². The maximum atomic E-state index is 6.05. The average molecular weight is 264 g/mol. The van der Waals surface area contributed by atoms with Gasteiger partial charge in [-0.15, -0.1) is 0 Å². The molecule has 96 valence electrons. The number of aryl methyl sites for hydroxylation is 1. The van der Waals surface area contributed by atoms with Crippen LogP contribution in [-0.2, 0) is 6.42 Å². The molecular formula is C14H18ClN3. The second kappa shape index (κ2) is 5.36. The number of nitrogen functional groups attached to an aromatic ring is 1. The van der Waals surface area contributed by atoms with E-state index in [1.54, 1.807) is 0 Å². The van der Waals surface area contributed by atoms with E-state index in [0.717, 1.165) is 29.9 Å². The predicted octanol–water partition coefficient (Wildman–Crippen LogP) is 3.24. The van der Waals surface area contributed by atoms with E-state index >= 15 is 0 Å². The first-order chi connectivity index (χ1) is 8.58. The van der Waals surface area contributed by atoms with Gasteiger partial charge in [-0.2, -0.15) is 0 Å². The highest BCUT2D eigenvalue weighted by Crippen LogP contribution is 2.29. The van der Waals surface area contributed by atoms with E-state index in [1.165, 1.54) is 5.69 Å². The Balaban J connectivity index is 2.09. The zero-order valence-electron chi connectivity index (χ0n) is 10.7. The number of hydrogen-bond donors (Lipinski definition) is 2. The maximum absolute atomic E-state index is 6.05. The zero-order chi connectivity index (χ0) is 13.1. The molecule has 0 amide bonds. The van der Waals surface area contributed by atoms with Crippen LogP contribution in [0.2, 0.25) is 5.02 Å². The Morgan fingerprint density at radius 1 is 1.39 bits per heavy atom. The third kappa shape index (κ3) is 2.79. The quantitative estimate of drug-likeness (QED) is 0.832. The first kappa shape index (κ1) is 12.8. The van der Waals surface area contributed by atoms with Crippen molar-refractivity contribution in [1.82, 2.24) is 4.98 Å². The van der Waals surface area contributed by atoms with Gasteiger partial charge in [0.05, 0.1) is 11.4 Å². The summed E-state index contributed by atoms with van der Waals surface area (Å²) in [5.41, 5.74) is 10.0. The third-order valence-electron chi connectivity index (χ3n) is 3.10. The van der Waals surface area contributed by atoms with E-state index < -0.39 is 0 Å². The lowest BCUT2D eigenvalue weighted by atomic mass is 10.1. The third-order valence-corrected chi connectivity index (χ3v) is 3.51. The summed E-state index contributed by atoms with van der Waals surface area (Å²) in [5, 5.41) is 0.717. The van der Waals surface area contributed by atoms with Gasteiger partial charge in [-0.25, -0.2) is 0 Å². The highest BCUT2D eigenvalue weighted by molar-refractivity contribution is 6.31. The lowest BCUT2D eigenvalue weighted by Gasteiger charge is -2.21. The molecule has 1 heterocycles. The second-order valence-corrected chi connectivity index (χ2v) is 4.93. The molecule has 0 fully saturated rings. The highest BCUT2D eigenvalue weighted by Gasteiger charge is 2.08. The van der Waals surface area contributed by atoms with Crippen LogP contribution in [-0.4, -0.2) is 18.6 Å². The Kier molecular flexibility index (Phi) is 3.82. The molecule has 18 heavy (non-hydrogen) atoms. The van der Waals surface area contributed by atoms with Crippen LogP contribution in [0.3, 0.4) is 0 Å². The van der Waals surface area contributed by atoms with Gasteiger partial charge in [0.15, 0.2) is 0 Å². The van der Waals surface area contributed by atoms with Crippen molar-refractivity contribution in [1.29, 1.82) is 0 Å². The molecule has 0 radical (unpaired) electrons. The highest BCUT2D eigenvalue weighted by atomic mass is 35.5. The van der Waals surface area contributed by atoms with Crippen molar-refractivity contribution in [2.45, 2.75) is 13.3 Å². The normalized spacial score (nSPS) is 10.6. The largest absolute Gasteiger partial charge is 0.397 e. The van der Waals surface area contributed by atoms with Gasteiger partial charge in [0, 0.05) is 36.9 Å². The summed E-state index contributed by atoms with van der Waals surface area (Å²) >= 11 is 6.05. The number of nitrogens with two attached hydrogens (primary N) is 1. The summed E-state index contributed by atoms with van der Waals surface area (Å²) in [7, 11) is 2.04. The molecule has 1 aromatic heterocycles. The fourth-order valence-electron chi connectivity index (χ4n) is 1.94. The van der Waals surface area contributed by atoms with E-state index in [0.29, 0.717) is 5.02 Å². The fourth-order valence-corrected chi connectivity index (χ4v) is 2.12. The van der Waals surface area contributed by atoms with Gasteiger partial charge in [0.2, 0.25) is 0 Å². The van der Waals surface area contributed by atoms with Crippen LogP contribution >= 0.6 is 11.6 Å². The molecule has 0 saturated heterocycles. The number of aromatic amines is 1. The summed E-state index contributed by atoms with van der Waals surface area (Å²) in [6, 6.07) is 7.95. The molecule has 0 unspecified atom stereocenters. The molecule has 0 atom stereocenters. The summed E-state index contributed by atoms with van der Waals surface area (Å²) in [6.45, 7) is 2.90. The van der Waals surface area contributed by atoms with Crippen LogP contribution in [0.25, 0.3) is 0 Å². The number of aromatic nitrogens is 1. The number of H-pyrrole nitrogens is 1. The molecule has 0 aliphatic rings. The molecule has 0 aliphatic heterocycles. The number of benzene rings is 1. The second-order valence-electron chi connectivity index (χ2n) is 4.53. The lowest BCUT2D eigenvalue weighted by molar-refractivity contribution is 0.859. The number of likely N-dealkylation sites (N-methyl/N-ethyl adjacent to an activating group) is 1. The van der Waals surface area contributed by atoms with E-state index in [9.17, 15) is 0 Å². The fraction of sp³-hybridized carbons (Fsp3) is 0.286. The number of halogens is 1. The van der Waals surface area contributed by atoms with E-state index in [4.69, 9.17) is 17.3 Å². The van der Waals surface area contributed by atoms with Gasteiger partial charge in [0.25, 0.3) is 0 Å². The molecule has 3 nitrogen and oxygen atoms in total. The number of rotatable bonds is 4. The molecule has 0 aliphatic carbocycles. The molecule has 4 heteroatoms. The van der Waals surface area contributed by atoms with Crippen molar-refractivity contribution in [3.63, 3.8) is 0 Å². The standard InChI is InChI=1S/C14H18ClN3/c1-10-8-14(13(16)9-12(10)15)18(2)7-5-11-4-3-6-17-11/h3-4,6,8-9,17H,5,7,16H2,1-2H3. The van der Waals surface area contributed by atoms with E-state index in [2.05, 4.69) is 16.0 Å². The molecule has 2 aromatic rings. The number of nitrogens with one attached hydrogen (secondary N) is 1. The Bertz CT molecular complexity index is 520. The summed E-state index contributed by atoms with van der Waals surface area (Å²) in [4.78, 5) is 5.35. The summed E-state index contributed by atoms with van der Waals surface area (Å²) in [6.07, 6.45) is 2.90. The predicted molar refractivity (Wildman–Crippen MR) is 78.4 cm³/mol. The van der Waals surface area contributed by atoms with Crippen molar-refractivity contribution < 1.29 is 0 Å². The lowest BCUT2D eigenvalue weighted by Crippen LogP contribution is -2.21. The molecule has 0 bridgehead atoms. The minimum atomic E-state index is 0.717. The van der Waals surface area contributed by atoms with Crippen LogP contribution in [0.4, 0.5) is 11.4 Å². The molecule has 2 rings (SSSR count). The molecule has 1 aromatic carbocycles.